The van der Waals surface area contributed by atoms with Crippen LogP contribution in [0.4, 0.5) is 34.1 Å². The minimum atomic E-state index is 0.582. The van der Waals surface area contributed by atoms with E-state index in [2.05, 4.69) is 174 Å². The van der Waals surface area contributed by atoms with Crippen LogP contribution in [0.15, 0.2) is 209 Å². The highest BCUT2D eigenvalue weighted by atomic mass is 16.4. The third-order valence-corrected chi connectivity index (χ3v) is 10.6. The van der Waals surface area contributed by atoms with E-state index in [9.17, 15) is 0 Å². The fourth-order valence-corrected chi connectivity index (χ4v) is 8.07. The maximum absolute atomic E-state index is 6.57. The van der Waals surface area contributed by atoms with Gasteiger partial charge in [-0.3, -0.25) is 0 Å². The predicted octanol–water partition coefficient (Wildman–Crippen LogP) is 14.6. The van der Waals surface area contributed by atoms with Crippen molar-refractivity contribution < 1.29 is 8.83 Å². The molecule has 264 valence electrons. The van der Waals surface area contributed by atoms with Crippen molar-refractivity contribution in [1.29, 1.82) is 0 Å². The second kappa shape index (κ2) is 13.0. The number of nitrogens with zero attached hydrogens (tertiary/aromatic N) is 3. The van der Waals surface area contributed by atoms with Gasteiger partial charge in [0, 0.05) is 50.2 Å². The summed E-state index contributed by atoms with van der Waals surface area (Å²) in [6.07, 6.45) is 0. The fourth-order valence-electron chi connectivity index (χ4n) is 8.07. The lowest BCUT2D eigenvalue weighted by molar-refractivity contribution is 0.620. The van der Waals surface area contributed by atoms with E-state index >= 15 is 0 Å². The van der Waals surface area contributed by atoms with Gasteiger partial charge in [0.25, 0.3) is 0 Å². The summed E-state index contributed by atoms with van der Waals surface area (Å²) in [5.74, 6) is 0.582. The van der Waals surface area contributed by atoms with Gasteiger partial charge >= 0.3 is 0 Å². The van der Waals surface area contributed by atoms with Crippen LogP contribution in [0.3, 0.4) is 0 Å². The van der Waals surface area contributed by atoms with Gasteiger partial charge in [-0.2, -0.15) is 0 Å². The molecule has 0 atom stereocenters. The normalized spacial score (nSPS) is 11.6. The summed E-state index contributed by atoms with van der Waals surface area (Å²) in [6, 6.07) is 70.0. The molecule has 2 heterocycles. The minimum absolute atomic E-state index is 0.582. The van der Waals surface area contributed by atoms with Gasteiger partial charge < -0.3 is 18.6 Å². The van der Waals surface area contributed by atoms with Crippen LogP contribution in [0.2, 0.25) is 0 Å². The summed E-state index contributed by atoms with van der Waals surface area (Å²) in [7, 11) is 0. The first-order valence-corrected chi connectivity index (χ1v) is 18.8. The van der Waals surface area contributed by atoms with E-state index in [1.54, 1.807) is 0 Å². The highest BCUT2D eigenvalue weighted by Crippen LogP contribution is 2.45. The van der Waals surface area contributed by atoms with E-state index in [-0.39, 0.29) is 0 Å². The minimum Gasteiger partial charge on any atom is -0.454 e. The molecule has 11 aromatic rings. The number of hydrogen-bond donors (Lipinski definition) is 0. The third kappa shape index (κ3) is 5.29. The van der Waals surface area contributed by atoms with Gasteiger partial charge in [-0.05, 0) is 113 Å². The molecule has 0 saturated carbocycles. The van der Waals surface area contributed by atoms with Gasteiger partial charge in [0.1, 0.15) is 5.58 Å². The first-order chi connectivity index (χ1) is 27.8. The summed E-state index contributed by atoms with van der Waals surface area (Å²) in [5, 5.41) is 6.64. The average Bonchev–Trinajstić information content (AvgIpc) is 3.87. The standard InChI is InChI=1S/C51H33N3O2/c1-5-15-34(16-6-1)51-52-49-47(56-51)30-29-43-45-33-44-35(31-48(45)55-50(43)49)27-28-42-41(44)25-14-26-46(42)54(38-21-11-4-12-22-38)40-24-13-23-39(32-40)53(36-17-7-2-8-18-36)37-19-9-3-10-20-37/h1-33H. The SMILES string of the molecule is c1ccc(-c2nc3c(ccc4c5cc6c(ccc7c(N(c8ccccc8)c8cccc(N(c9ccccc9)c9ccccc9)c8)cccc76)cc5oc43)o2)cc1. The summed E-state index contributed by atoms with van der Waals surface area (Å²) in [6.45, 7) is 0. The molecule has 0 aliphatic carbocycles. The maximum Gasteiger partial charge on any atom is 0.227 e. The number of para-hydroxylation sites is 3. The number of fused-ring (bicyclic) bond motifs is 8. The smallest absolute Gasteiger partial charge is 0.227 e. The predicted molar refractivity (Wildman–Crippen MR) is 231 cm³/mol. The molecule has 2 aromatic heterocycles. The van der Waals surface area contributed by atoms with Crippen molar-refractivity contribution in [2.24, 2.45) is 0 Å². The molecule has 0 radical (unpaired) electrons. The molecule has 0 fully saturated rings. The van der Waals surface area contributed by atoms with Crippen LogP contribution >= 0.6 is 0 Å². The first kappa shape index (κ1) is 31.9. The molecule has 5 heteroatoms. The summed E-state index contributed by atoms with van der Waals surface area (Å²) >= 11 is 0. The summed E-state index contributed by atoms with van der Waals surface area (Å²) < 4.78 is 12.8. The molecule has 9 aromatic carbocycles. The van der Waals surface area contributed by atoms with Crippen molar-refractivity contribution in [3.63, 3.8) is 0 Å². The molecule has 0 aliphatic heterocycles. The zero-order valence-corrected chi connectivity index (χ0v) is 30.2. The number of benzene rings is 9. The molecule has 5 nitrogen and oxygen atoms in total. The molecule has 0 bridgehead atoms. The number of furan rings is 1. The highest BCUT2D eigenvalue weighted by molar-refractivity contribution is 6.20. The van der Waals surface area contributed by atoms with E-state index in [1.807, 2.05) is 36.4 Å². The number of oxazole rings is 1. The Kier molecular flexibility index (Phi) is 7.42. The Morgan fingerprint density at radius 3 is 1.64 bits per heavy atom. The molecule has 56 heavy (non-hydrogen) atoms. The van der Waals surface area contributed by atoms with Crippen LogP contribution in [-0.4, -0.2) is 4.98 Å². The van der Waals surface area contributed by atoms with Crippen molar-refractivity contribution in [3.05, 3.63) is 200 Å². The number of rotatable bonds is 7. The van der Waals surface area contributed by atoms with E-state index in [0.29, 0.717) is 11.5 Å². The molecular formula is C51H33N3O2. The monoisotopic (exact) mass is 719 g/mol. The van der Waals surface area contributed by atoms with E-state index < -0.39 is 0 Å². The topological polar surface area (TPSA) is 45.7 Å². The average molecular weight is 720 g/mol. The van der Waals surface area contributed by atoms with Crippen LogP contribution in [-0.2, 0) is 0 Å². The second-order valence-electron chi connectivity index (χ2n) is 14.0. The van der Waals surface area contributed by atoms with Gasteiger partial charge in [0.15, 0.2) is 16.7 Å². The van der Waals surface area contributed by atoms with Crippen molar-refractivity contribution >= 4 is 88.7 Å². The fraction of sp³-hybridized carbons (Fsp3) is 0. The Morgan fingerprint density at radius 2 is 0.946 bits per heavy atom. The molecule has 0 N–H and O–H groups in total. The van der Waals surface area contributed by atoms with Gasteiger partial charge in [0.05, 0.1) is 5.69 Å². The lowest BCUT2D eigenvalue weighted by atomic mass is 9.98. The Morgan fingerprint density at radius 1 is 0.357 bits per heavy atom. The van der Waals surface area contributed by atoms with Crippen LogP contribution in [0.1, 0.15) is 0 Å². The van der Waals surface area contributed by atoms with E-state index in [0.717, 1.165) is 88.7 Å². The Bertz CT molecular complexity index is 3150. The summed E-state index contributed by atoms with van der Waals surface area (Å²) in [4.78, 5) is 9.57. The van der Waals surface area contributed by atoms with E-state index in [1.165, 1.54) is 0 Å². The molecule has 0 aliphatic rings. The highest BCUT2D eigenvalue weighted by Gasteiger charge is 2.21. The van der Waals surface area contributed by atoms with Crippen LogP contribution in [0, 0.1) is 0 Å². The lowest BCUT2D eigenvalue weighted by Gasteiger charge is -2.30. The quantitative estimate of drug-likeness (QED) is 0.153. The van der Waals surface area contributed by atoms with Crippen LogP contribution < -0.4 is 9.80 Å². The molecular weight excluding hydrogens is 687 g/mol. The van der Waals surface area contributed by atoms with Crippen LogP contribution in [0.25, 0.3) is 66.0 Å². The first-order valence-electron chi connectivity index (χ1n) is 18.8. The number of hydrogen-bond acceptors (Lipinski definition) is 5. The van der Waals surface area contributed by atoms with Crippen LogP contribution in [0.5, 0.6) is 0 Å². The Labute approximate surface area is 322 Å². The van der Waals surface area contributed by atoms with Crippen molar-refractivity contribution in [3.8, 4) is 11.5 Å². The van der Waals surface area contributed by atoms with Crippen molar-refractivity contribution in [2.75, 3.05) is 9.80 Å². The number of aromatic nitrogens is 1. The van der Waals surface area contributed by atoms with Gasteiger partial charge in [-0.1, -0.05) is 103 Å². The molecule has 0 amide bonds. The maximum atomic E-state index is 6.57. The zero-order chi connectivity index (χ0) is 37.0. The van der Waals surface area contributed by atoms with E-state index in [4.69, 9.17) is 13.8 Å². The second-order valence-corrected chi connectivity index (χ2v) is 14.0. The molecule has 11 rings (SSSR count). The third-order valence-electron chi connectivity index (χ3n) is 10.6. The van der Waals surface area contributed by atoms with Crippen molar-refractivity contribution in [1.82, 2.24) is 4.98 Å². The zero-order valence-electron chi connectivity index (χ0n) is 30.2. The largest absolute Gasteiger partial charge is 0.454 e. The Hall–Kier alpha value is -7.63. The Balaban J connectivity index is 1.08. The van der Waals surface area contributed by atoms with Gasteiger partial charge in [0.2, 0.25) is 5.89 Å². The molecule has 0 spiro atoms. The number of anilines is 6. The van der Waals surface area contributed by atoms with Crippen molar-refractivity contribution in [2.45, 2.75) is 0 Å². The lowest BCUT2D eigenvalue weighted by Crippen LogP contribution is -2.13. The van der Waals surface area contributed by atoms with Gasteiger partial charge in [-0.15, -0.1) is 0 Å². The molecule has 0 saturated heterocycles. The molecule has 0 unspecified atom stereocenters. The summed E-state index contributed by atoms with van der Waals surface area (Å²) in [5.41, 5.74) is 10.4. The van der Waals surface area contributed by atoms with Gasteiger partial charge in [-0.25, -0.2) is 4.98 Å².